The fourth-order valence-electron chi connectivity index (χ4n) is 0. The topological polar surface area (TPSA) is 74.6 Å². The fraction of sp³-hybridized carbons (Fsp3) is 0. The average molecular weight is 337 g/mol. The molecule has 0 amide bonds. The predicted molar refractivity (Wildman–Crippen MR) is 32.7 cm³/mol. The minimum atomic E-state index is -4.67. The van der Waals surface area contributed by atoms with Crippen molar-refractivity contribution >= 4 is 55.1 Å². The molecule has 0 heterocycles. The van der Waals surface area contributed by atoms with Gasteiger partial charge in [0.1, 0.15) is 0 Å². The van der Waals surface area contributed by atoms with Crippen LogP contribution in [0.5, 0.6) is 0 Å². The molecule has 0 aromatic heterocycles. The Balaban J connectivity index is -0.0000000800. The molecule has 0 atom stereocenters. The van der Waals surface area contributed by atoms with Crippen LogP contribution in [-0.4, -0.2) is 62.2 Å². The minimum absolute atomic E-state index is 0. The van der Waals surface area contributed by atoms with Crippen molar-refractivity contribution in [2.75, 3.05) is 0 Å². The molecule has 7 heavy (non-hydrogen) atoms. The van der Waals surface area contributed by atoms with Gasteiger partial charge in [-0.2, -0.15) is 8.42 Å². The molecule has 0 saturated carbocycles. The molecule has 0 unspecified atom stereocenters. The first kappa shape index (κ1) is 15.8. The van der Waals surface area contributed by atoms with Crippen LogP contribution >= 0.6 is 0 Å². The Morgan fingerprint density at radius 3 is 1.14 bits per heavy atom. The van der Waals surface area contributed by atoms with Crippen LogP contribution in [0.25, 0.3) is 0 Å². The van der Waals surface area contributed by atoms with Crippen LogP contribution in [0.2, 0.25) is 0 Å². The van der Waals surface area contributed by atoms with Crippen molar-refractivity contribution in [1.82, 2.24) is 0 Å². The van der Waals surface area contributed by atoms with Gasteiger partial charge < -0.3 is 0 Å². The predicted octanol–water partition coefficient (Wildman–Crippen LogP) is -2.75. The fourth-order valence-corrected chi connectivity index (χ4v) is 0. The first-order valence-electron chi connectivity index (χ1n) is 0.698. The molecule has 4 nitrogen and oxygen atoms in total. The summed E-state index contributed by atoms with van der Waals surface area (Å²) in [5.41, 5.74) is 0. The van der Waals surface area contributed by atoms with Crippen LogP contribution in [0.1, 0.15) is 0 Å². The van der Waals surface area contributed by atoms with Crippen LogP contribution in [-0.2, 0) is 10.4 Å². The normalized spacial score (nSPS) is 8.29. The molecule has 44 valence electrons. The summed E-state index contributed by atoms with van der Waals surface area (Å²) in [7, 11) is -4.67. The molecule has 0 aliphatic carbocycles. The van der Waals surface area contributed by atoms with Crippen molar-refractivity contribution in [3.05, 3.63) is 0 Å². The summed E-state index contributed by atoms with van der Waals surface area (Å²) in [6.07, 6.45) is 0. The third kappa shape index (κ3) is 118. The molecule has 0 aliphatic rings. The van der Waals surface area contributed by atoms with Gasteiger partial charge in [-0.15, -0.1) is 0 Å². The second-order valence-corrected chi connectivity index (χ2v) is 1.34. The molecule has 0 aromatic rings. The maximum atomic E-state index is 8.74. The molecule has 0 aliphatic heterocycles. The van der Waals surface area contributed by atoms with Gasteiger partial charge in [-0.3, -0.25) is 9.11 Å². The zero-order valence-electron chi connectivity index (χ0n) is 2.83. The molecule has 0 spiro atoms. The van der Waals surface area contributed by atoms with Gasteiger partial charge in [0.25, 0.3) is 0 Å². The molecule has 7 heteroatoms. The molecule has 0 bridgehead atoms. The Morgan fingerprint density at radius 2 is 1.14 bits per heavy atom. The average Bonchev–Trinajstić information content (AvgIpc) is 0.722. The Bertz CT molecular complexity index is 94.9. The van der Waals surface area contributed by atoms with Crippen molar-refractivity contribution in [2.24, 2.45) is 0 Å². The standard InChI is InChI=1S/Al.H2O4S.Pb.5H/c;1-5(2,3)4;;;;;;/h;(H2,1,2,3,4);;;;;;. The van der Waals surface area contributed by atoms with Gasteiger partial charge in [-0.25, -0.2) is 0 Å². The second-order valence-electron chi connectivity index (χ2n) is 0.448. The van der Waals surface area contributed by atoms with Gasteiger partial charge in [0.15, 0.2) is 17.4 Å². The summed E-state index contributed by atoms with van der Waals surface area (Å²) in [5.74, 6) is 0. The van der Waals surface area contributed by atoms with E-state index in [2.05, 4.69) is 0 Å². The Labute approximate surface area is 72.2 Å². The molecule has 0 saturated heterocycles. The zero-order valence-corrected chi connectivity index (χ0v) is 9.14. The van der Waals surface area contributed by atoms with Gasteiger partial charge in [0.05, 0.1) is 0 Å². The van der Waals surface area contributed by atoms with E-state index in [9.17, 15) is 0 Å². The second kappa shape index (κ2) is 5.46. The van der Waals surface area contributed by atoms with Crippen molar-refractivity contribution < 1.29 is 17.5 Å². The van der Waals surface area contributed by atoms with E-state index in [1.165, 1.54) is 0 Å². The van der Waals surface area contributed by atoms with Crippen molar-refractivity contribution in [2.45, 2.75) is 0 Å². The summed E-state index contributed by atoms with van der Waals surface area (Å²) in [5, 5.41) is 0. The van der Waals surface area contributed by atoms with E-state index in [1.807, 2.05) is 0 Å². The zero-order chi connectivity index (χ0) is 4.50. The first-order valence-corrected chi connectivity index (χ1v) is 2.10. The van der Waals surface area contributed by atoms with Gasteiger partial charge in [-0.1, -0.05) is 0 Å². The van der Waals surface area contributed by atoms with Gasteiger partial charge >= 0.3 is 37.7 Å². The monoisotopic (exact) mass is 338 g/mol. The Morgan fingerprint density at radius 1 is 1.14 bits per heavy atom. The summed E-state index contributed by atoms with van der Waals surface area (Å²) in [6, 6.07) is 0. The van der Waals surface area contributed by atoms with Crippen LogP contribution in [0.15, 0.2) is 0 Å². The quantitative estimate of drug-likeness (QED) is 0.371. The molecular formula is H7AlO4PbS. The van der Waals surface area contributed by atoms with E-state index in [0.29, 0.717) is 0 Å². The van der Waals surface area contributed by atoms with Gasteiger partial charge in [0.2, 0.25) is 0 Å². The van der Waals surface area contributed by atoms with Gasteiger partial charge in [0, 0.05) is 0 Å². The summed E-state index contributed by atoms with van der Waals surface area (Å²) in [6.45, 7) is 0. The van der Waals surface area contributed by atoms with Crippen LogP contribution in [0, 0.1) is 0 Å². The summed E-state index contributed by atoms with van der Waals surface area (Å²) >= 11 is 0. The molecule has 0 fully saturated rings. The van der Waals surface area contributed by atoms with Crippen LogP contribution in [0.4, 0.5) is 0 Å². The van der Waals surface area contributed by atoms with Crippen molar-refractivity contribution in [3.63, 3.8) is 0 Å². The SMILES string of the molecule is O=S(=O)(O)O.[AlH3].[PbH2]. The number of hydrogen-bond donors (Lipinski definition) is 2. The molecule has 2 N–H and O–H groups in total. The molecule has 0 rings (SSSR count). The van der Waals surface area contributed by atoms with Crippen LogP contribution in [0.3, 0.4) is 0 Å². The van der Waals surface area contributed by atoms with Crippen LogP contribution < -0.4 is 0 Å². The third-order valence-corrected chi connectivity index (χ3v) is 0. The van der Waals surface area contributed by atoms with Crippen molar-refractivity contribution in [1.29, 1.82) is 0 Å². The number of hydrogen-bond acceptors (Lipinski definition) is 2. The third-order valence-electron chi connectivity index (χ3n) is 0. The summed E-state index contributed by atoms with van der Waals surface area (Å²) < 4.78 is 31.6. The van der Waals surface area contributed by atoms with E-state index in [0.717, 1.165) is 0 Å². The van der Waals surface area contributed by atoms with E-state index in [1.54, 1.807) is 0 Å². The molecule has 0 aromatic carbocycles. The van der Waals surface area contributed by atoms with Crippen molar-refractivity contribution in [3.8, 4) is 0 Å². The first-order chi connectivity index (χ1) is 2.00. The maximum absolute atomic E-state index is 8.74. The van der Waals surface area contributed by atoms with E-state index >= 15 is 0 Å². The molecular weight excluding hydrogens is 330 g/mol. The van der Waals surface area contributed by atoms with E-state index in [4.69, 9.17) is 17.5 Å². The van der Waals surface area contributed by atoms with Gasteiger partial charge in [-0.05, 0) is 0 Å². The van der Waals surface area contributed by atoms with E-state index in [-0.39, 0.29) is 44.7 Å². The molecule has 2 radical (unpaired) electrons. The van der Waals surface area contributed by atoms with E-state index < -0.39 is 10.4 Å². The summed E-state index contributed by atoms with van der Waals surface area (Å²) in [4.78, 5) is 0. The Kier molecular flexibility index (Phi) is 12.3. The number of rotatable bonds is 0. The Hall–Kier alpha value is 1.32.